The summed E-state index contributed by atoms with van der Waals surface area (Å²) in [6.07, 6.45) is 0.960. The van der Waals surface area contributed by atoms with Crippen LogP contribution in [0.25, 0.3) is 20.2 Å². The number of ether oxygens (including phenoxy) is 1. The Morgan fingerprint density at radius 1 is 1.10 bits per heavy atom. The molecule has 0 amide bonds. The van der Waals surface area contributed by atoms with Gasteiger partial charge in [-0.15, -0.1) is 11.3 Å². The standard InChI is InChI=1S/C17H16O2S/c1-3-10-19-13-8-9-15-16(11(13)2)17(18)12-6-4-5-7-14(12)20-15/h4-9H,3,10H2,1-2H3. The second-order valence-corrected chi connectivity index (χ2v) is 5.92. The number of rotatable bonds is 3. The van der Waals surface area contributed by atoms with E-state index in [1.54, 1.807) is 11.3 Å². The van der Waals surface area contributed by atoms with Gasteiger partial charge in [0.2, 0.25) is 0 Å². The molecule has 3 rings (SSSR count). The first-order chi connectivity index (χ1) is 9.72. The van der Waals surface area contributed by atoms with Gasteiger partial charge in [0.1, 0.15) is 5.75 Å². The molecule has 0 bridgehead atoms. The van der Waals surface area contributed by atoms with E-state index in [4.69, 9.17) is 4.74 Å². The number of benzene rings is 2. The Kier molecular flexibility index (Phi) is 3.45. The topological polar surface area (TPSA) is 26.3 Å². The molecule has 20 heavy (non-hydrogen) atoms. The summed E-state index contributed by atoms with van der Waals surface area (Å²) < 4.78 is 7.78. The second-order valence-electron chi connectivity index (χ2n) is 4.84. The van der Waals surface area contributed by atoms with Gasteiger partial charge < -0.3 is 4.74 Å². The lowest BCUT2D eigenvalue weighted by atomic mass is 10.1. The van der Waals surface area contributed by atoms with Gasteiger partial charge in [0.05, 0.1) is 6.61 Å². The number of hydrogen-bond acceptors (Lipinski definition) is 3. The van der Waals surface area contributed by atoms with E-state index < -0.39 is 0 Å². The van der Waals surface area contributed by atoms with Crippen LogP contribution in [0.3, 0.4) is 0 Å². The van der Waals surface area contributed by atoms with Crippen LogP contribution in [-0.4, -0.2) is 6.61 Å². The molecule has 2 nitrogen and oxygen atoms in total. The van der Waals surface area contributed by atoms with Crippen LogP contribution in [0.4, 0.5) is 0 Å². The van der Waals surface area contributed by atoms with Crippen molar-refractivity contribution in [3.05, 3.63) is 52.2 Å². The average Bonchev–Trinajstić information content (AvgIpc) is 2.47. The van der Waals surface area contributed by atoms with Gasteiger partial charge in [0, 0.05) is 25.7 Å². The fourth-order valence-electron chi connectivity index (χ4n) is 2.40. The van der Waals surface area contributed by atoms with Crippen molar-refractivity contribution < 1.29 is 4.74 Å². The number of fused-ring (bicyclic) bond motifs is 2. The van der Waals surface area contributed by atoms with Crippen molar-refractivity contribution in [3.63, 3.8) is 0 Å². The first-order valence-corrected chi connectivity index (χ1v) is 7.62. The summed E-state index contributed by atoms with van der Waals surface area (Å²) in [5.74, 6) is 0.818. The molecular weight excluding hydrogens is 268 g/mol. The van der Waals surface area contributed by atoms with Crippen molar-refractivity contribution in [2.45, 2.75) is 20.3 Å². The lowest BCUT2D eigenvalue weighted by molar-refractivity contribution is 0.316. The summed E-state index contributed by atoms with van der Waals surface area (Å²) in [4.78, 5) is 12.7. The molecule has 0 aliphatic heterocycles. The maximum Gasteiger partial charge on any atom is 0.196 e. The Balaban J connectivity index is 2.33. The van der Waals surface area contributed by atoms with Crippen molar-refractivity contribution in [2.24, 2.45) is 0 Å². The number of aryl methyl sites for hydroxylation is 1. The zero-order valence-electron chi connectivity index (χ0n) is 11.6. The van der Waals surface area contributed by atoms with Crippen LogP contribution in [-0.2, 0) is 0 Å². The molecule has 102 valence electrons. The van der Waals surface area contributed by atoms with E-state index in [1.165, 1.54) is 0 Å². The van der Waals surface area contributed by atoms with Gasteiger partial charge in [-0.3, -0.25) is 4.79 Å². The quantitative estimate of drug-likeness (QED) is 0.661. The summed E-state index contributed by atoms with van der Waals surface area (Å²) in [5, 5.41) is 1.59. The third-order valence-electron chi connectivity index (χ3n) is 3.42. The highest BCUT2D eigenvalue weighted by Gasteiger charge is 2.11. The Morgan fingerprint density at radius 2 is 1.90 bits per heavy atom. The highest BCUT2D eigenvalue weighted by atomic mass is 32.1. The summed E-state index contributed by atoms with van der Waals surface area (Å²) in [6.45, 7) is 4.72. The van der Waals surface area contributed by atoms with E-state index in [0.29, 0.717) is 6.61 Å². The third-order valence-corrected chi connectivity index (χ3v) is 4.55. The Hall–Kier alpha value is -1.87. The van der Waals surface area contributed by atoms with Crippen molar-refractivity contribution in [2.75, 3.05) is 6.61 Å². The predicted molar refractivity (Wildman–Crippen MR) is 86.1 cm³/mol. The molecular formula is C17H16O2S. The largest absolute Gasteiger partial charge is 0.493 e. The molecule has 0 spiro atoms. The fraction of sp³-hybridized carbons (Fsp3) is 0.235. The van der Waals surface area contributed by atoms with E-state index >= 15 is 0 Å². The van der Waals surface area contributed by atoms with Gasteiger partial charge in [-0.05, 0) is 37.6 Å². The fourth-order valence-corrected chi connectivity index (χ4v) is 3.54. The molecule has 0 atom stereocenters. The predicted octanol–water partition coefficient (Wildman–Crippen LogP) is 4.51. The minimum absolute atomic E-state index is 0.105. The molecule has 0 aliphatic carbocycles. The molecule has 2 aromatic carbocycles. The number of hydrogen-bond donors (Lipinski definition) is 0. The maximum atomic E-state index is 12.7. The van der Waals surface area contributed by atoms with Crippen LogP contribution in [0.2, 0.25) is 0 Å². The zero-order valence-corrected chi connectivity index (χ0v) is 12.4. The van der Waals surface area contributed by atoms with E-state index in [0.717, 1.165) is 37.9 Å². The van der Waals surface area contributed by atoms with Gasteiger partial charge in [-0.25, -0.2) is 0 Å². The van der Waals surface area contributed by atoms with Crippen molar-refractivity contribution in [3.8, 4) is 5.75 Å². The summed E-state index contributed by atoms with van der Waals surface area (Å²) in [6, 6.07) is 11.7. The molecule has 0 aliphatic rings. The molecule has 0 unspecified atom stereocenters. The lowest BCUT2D eigenvalue weighted by Gasteiger charge is -2.10. The minimum atomic E-state index is 0.105. The van der Waals surface area contributed by atoms with Crippen molar-refractivity contribution in [1.29, 1.82) is 0 Å². The van der Waals surface area contributed by atoms with Crippen LogP contribution in [0.1, 0.15) is 18.9 Å². The molecule has 1 aromatic heterocycles. The van der Waals surface area contributed by atoms with Gasteiger partial charge in [0.25, 0.3) is 0 Å². The normalized spacial score (nSPS) is 11.1. The van der Waals surface area contributed by atoms with Gasteiger partial charge in [0.15, 0.2) is 5.43 Å². The first-order valence-electron chi connectivity index (χ1n) is 6.80. The van der Waals surface area contributed by atoms with E-state index in [9.17, 15) is 4.79 Å². The van der Waals surface area contributed by atoms with Gasteiger partial charge in [-0.2, -0.15) is 0 Å². The van der Waals surface area contributed by atoms with Gasteiger partial charge in [-0.1, -0.05) is 19.1 Å². The lowest BCUT2D eigenvalue weighted by Crippen LogP contribution is -2.05. The highest BCUT2D eigenvalue weighted by molar-refractivity contribution is 7.24. The summed E-state index contributed by atoms with van der Waals surface area (Å²) in [7, 11) is 0. The molecule has 0 radical (unpaired) electrons. The van der Waals surface area contributed by atoms with Crippen molar-refractivity contribution >= 4 is 31.5 Å². The molecule has 1 heterocycles. The molecule has 3 aromatic rings. The molecule has 3 heteroatoms. The van der Waals surface area contributed by atoms with Crippen LogP contribution in [0, 0.1) is 6.92 Å². The monoisotopic (exact) mass is 284 g/mol. The van der Waals surface area contributed by atoms with Gasteiger partial charge >= 0.3 is 0 Å². The molecule has 0 saturated carbocycles. The molecule has 0 saturated heterocycles. The SMILES string of the molecule is CCCOc1ccc2sc3ccccc3c(=O)c2c1C. The highest BCUT2D eigenvalue weighted by Crippen LogP contribution is 2.31. The van der Waals surface area contributed by atoms with Crippen molar-refractivity contribution in [1.82, 2.24) is 0 Å². The second kappa shape index (κ2) is 5.25. The third kappa shape index (κ3) is 2.08. The van der Waals surface area contributed by atoms with Crippen LogP contribution < -0.4 is 10.2 Å². The van der Waals surface area contributed by atoms with Crippen LogP contribution >= 0.6 is 11.3 Å². The molecule has 0 fully saturated rings. The smallest absolute Gasteiger partial charge is 0.196 e. The zero-order chi connectivity index (χ0) is 14.1. The minimum Gasteiger partial charge on any atom is -0.493 e. The van der Waals surface area contributed by atoms with E-state index in [-0.39, 0.29) is 5.43 Å². The first kappa shape index (κ1) is 13.1. The maximum absolute atomic E-state index is 12.7. The Labute approximate surface area is 121 Å². The van der Waals surface area contributed by atoms with Crippen LogP contribution in [0.5, 0.6) is 5.75 Å². The molecule has 0 N–H and O–H groups in total. The summed E-state index contributed by atoms with van der Waals surface area (Å²) >= 11 is 1.66. The van der Waals surface area contributed by atoms with Crippen LogP contribution in [0.15, 0.2) is 41.2 Å². The van der Waals surface area contributed by atoms with E-state index in [1.807, 2.05) is 43.3 Å². The average molecular weight is 284 g/mol. The van der Waals surface area contributed by atoms with E-state index in [2.05, 4.69) is 6.92 Å². The Morgan fingerprint density at radius 3 is 2.70 bits per heavy atom. The Bertz CT molecular complexity index is 833. The summed E-state index contributed by atoms with van der Waals surface area (Å²) in [5.41, 5.74) is 1.05.